The van der Waals surface area contributed by atoms with Gasteiger partial charge < -0.3 is 10.1 Å². The highest BCUT2D eigenvalue weighted by Crippen LogP contribution is 2.35. The predicted octanol–water partition coefficient (Wildman–Crippen LogP) is 4.74. The molecule has 0 unspecified atom stereocenters. The van der Waals surface area contributed by atoms with Gasteiger partial charge in [-0.2, -0.15) is 5.10 Å². The summed E-state index contributed by atoms with van der Waals surface area (Å²) in [4.78, 5) is 17.3. The summed E-state index contributed by atoms with van der Waals surface area (Å²) >= 11 is 0. The third-order valence-corrected chi connectivity index (χ3v) is 5.55. The van der Waals surface area contributed by atoms with Crippen molar-refractivity contribution in [1.82, 2.24) is 20.1 Å². The quantitative estimate of drug-likeness (QED) is 0.462. The lowest BCUT2D eigenvalue weighted by Crippen LogP contribution is -2.24. The van der Waals surface area contributed by atoms with Crippen LogP contribution in [0.2, 0.25) is 0 Å². The topological polar surface area (TPSA) is 69.0 Å². The van der Waals surface area contributed by atoms with Crippen molar-refractivity contribution in [3.63, 3.8) is 0 Å². The molecule has 0 saturated carbocycles. The van der Waals surface area contributed by atoms with E-state index >= 15 is 0 Å². The maximum absolute atomic E-state index is 12.5. The van der Waals surface area contributed by atoms with Gasteiger partial charge in [-0.3, -0.25) is 4.79 Å². The van der Waals surface area contributed by atoms with Gasteiger partial charge in [0.25, 0.3) is 0 Å². The first-order valence-corrected chi connectivity index (χ1v) is 10.8. The normalized spacial score (nSPS) is 11.0. The number of methoxy groups -OCH3 is 1. The van der Waals surface area contributed by atoms with Crippen LogP contribution < -0.4 is 10.1 Å². The summed E-state index contributed by atoms with van der Waals surface area (Å²) in [5.74, 6) is 0.743. The number of nitrogens with one attached hydrogen (secondary N) is 1. The molecule has 6 nitrogen and oxygen atoms in total. The van der Waals surface area contributed by atoms with E-state index in [9.17, 15) is 4.79 Å². The molecule has 0 saturated heterocycles. The first kappa shape index (κ1) is 21.6. The molecule has 0 aliphatic heterocycles. The molecule has 6 heteroatoms. The third-order valence-electron chi connectivity index (χ3n) is 5.55. The van der Waals surface area contributed by atoms with Gasteiger partial charge in [-0.1, -0.05) is 42.0 Å². The first-order chi connectivity index (χ1) is 15.5. The Hall–Kier alpha value is -3.67. The van der Waals surface area contributed by atoms with Gasteiger partial charge in [-0.05, 0) is 50.1 Å². The average Bonchev–Trinajstić information content (AvgIpc) is 3.15. The molecule has 1 amide bonds. The van der Waals surface area contributed by atoms with Crippen molar-refractivity contribution in [2.45, 2.75) is 40.3 Å². The minimum Gasteiger partial charge on any atom is -0.496 e. The number of fused-ring (bicyclic) bond motifs is 1. The lowest BCUT2D eigenvalue weighted by Gasteiger charge is -2.07. The smallest absolute Gasteiger partial charge is 0.222 e. The Bertz CT molecular complexity index is 1260. The van der Waals surface area contributed by atoms with Crippen molar-refractivity contribution in [2.24, 2.45) is 0 Å². The zero-order chi connectivity index (χ0) is 22.7. The summed E-state index contributed by atoms with van der Waals surface area (Å²) in [6.07, 6.45) is 0.322. The van der Waals surface area contributed by atoms with Gasteiger partial charge >= 0.3 is 0 Å². The summed E-state index contributed by atoms with van der Waals surface area (Å²) in [7, 11) is 1.66. The van der Waals surface area contributed by atoms with E-state index in [0.717, 1.165) is 44.9 Å². The van der Waals surface area contributed by atoms with Crippen LogP contribution >= 0.6 is 0 Å². The Kier molecular flexibility index (Phi) is 6.21. The Balaban J connectivity index is 1.58. The number of aromatic nitrogens is 3. The molecule has 2 aromatic carbocycles. The van der Waals surface area contributed by atoms with Crippen LogP contribution in [0, 0.1) is 20.8 Å². The molecular formula is C26H28N4O2. The second-order valence-corrected chi connectivity index (χ2v) is 8.06. The van der Waals surface area contributed by atoms with Crippen LogP contribution in [0.1, 0.15) is 28.8 Å². The standard InChI is InChI=1S/C26H28N4O2/c1-17-9-11-20(12-10-17)16-27-23(31)13-14-30-26-24(18(2)15-19(3)28-26)25(29-30)21-7-5-6-8-22(21)32-4/h5-12,15H,13-14,16H2,1-4H3,(H,27,31). The molecule has 4 aromatic rings. The maximum Gasteiger partial charge on any atom is 0.222 e. The van der Waals surface area contributed by atoms with Crippen LogP contribution in [0.3, 0.4) is 0 Å². The summed E-state index contributed by atoms with van der Waals surface area (Å²) < 4.78 is 7.40. The zero-order valence-electron chi connectivity index (χ0n) is 19.0. The molecule has 0 bridgehead atoms. The summed E-state index contributed by atoms with van der Waals surface area (Å²) in [5, 5.41) is 8.85. The van der Waals surface area contributed by atoms with Crippen LogP contribution in [0.5, 0.6) is 5.75 Å². The fraction of sp³-hybridized carbons (Fsp3) is 0.269. The number of pyridine rings is 1. The number of amides is 1. The van der Waals surface area contributed by atoms with Gasteiger partial charge in [0, 0.05) is 24.2 Å². The average molecular weight is 429 g/mol. The van der Waals surface area contributed by atoms with E-state index < -0.39 is 0 Å². The number of hydrogen-bond acceptors (Lipinski definition) is 4. The SMILES string of the molecule is COc1ccccc1-c1nn(CCC(=O)NCc2ccc(C)cc2)c2nc(C)cc(C)c12. The van der Waals surface area contributed by atoms with Gasteiger partial charge in [0.2, 0.25) is 5.91 Å². The number of benzene rings is 2. The maximum atomic E-state index is 12.5. The van der Waals surface area contributed by atoms with Crippen LogP contribution in [0.4, 0.5) is 0 Å². The number of ether oxygens (including phenoxy) is 1. The molecule has 0 aliphatic carbocycles. The summed E-state index contributed by atoms with van der Waals surface area (Å²) in [5.41, 5.74) is 6.83. The Morgan fingerprint density at radius 2 is 1.81 bits per heavy atom. The largest absolute Gasteiger partial charge is 0.496 e. The van der Waals surface area contributed by atoms with Gasteiger partial charge in [-0.15, -0.1) is 0 Å². The van der Waals surface area contributed by atoms with Crippen LogP contribution in [0.25, 0.3) is 22.3 Å². The second-order valence-electron chi connectivity index (χ2n) is 8.06. The van der Waals surface area contributed by atoms with E-state index in [4.69, 9.17) is 14.8 Å². The van der Waals surface area contributed by atoms with Gasteiger partial charge in [0.1, 0.15) is 11.4 Å². The number of carbonyl (C=O) groups excluding carboxylic acids is 1. The van der Waals surface area contributed by atoms with Crippen molar-refractivity contribution in [3.8, 4) is 17.0 Å². The van der Waals surface area contributed by atoms with Crippen molar-refractivity contribution in [1.29, 1.82) is 0 Å². The molecule has 32 heavy (non-hydrogen) atoms. The molecule has 0 spiro atoms. The molecule has 4 rings (SSSR count). The Morgan fingerprint density at radius 1 is 1.06 bits per heavy atom. The van der Waals surface area contributed by atoms with E-state index in [1.165, 1.54) is 5.56 Å². The van der Waals surface area contributed by atoms with Gasteiger partial charge in [0.15, 0.2) is 5.65 Å². The number of rotatable bonds is 7. The molecule has 1 N–H and O–H groups in total. The highest BCUT2D eigenvalue weighted by atomic mass is 16.5. The third kappa shape index (κ3) is 4.49. The fourth-order valence-corrected chi connectivity index (χ4v) is 3.90. The van der Waals surface area contributed by atoms with E-state index in [0.29, 0.717) is 19.5 Å². The summed E-state index contributed by atoms with van der Waals surface area (Å²) in [6, 6.07) is 18.1. The molecule has 164 valence electrons. The molecule has 0 atom stereocenters. The van der Waals surface area contributed by atoms with Crippen LogP contribution in [0.15, 0.2) is 54.6 Å². The molecule has 0 radical (unpaired) electrons. The highest BCUT2D eigenvalue weighted by Gasteiger charge is 2.19. The fourth-order valence-electron chi connectivity index (χ4n) is 3.90. The second kappa shape index (κ2) is 9.22. The van der Waals surface area contributed by atoms with Crippen molar-refractivity contribution in [3.05, 3.63) is 77.0 Å². The van der Waals surface area contributed by atoms with Crippen molar-refractivity contribution in [2.75, 3.05) is 7.11 Å². The van der Waals surface area contributed by atoms with Crippen LogP contribution in [-0.2, 0) is 17.9 Å². The minimum atomic E-state index is -0.0163. The summed E-state index contributed by atoms with van der Waals surface area (Å²) in [6.45, 7) is 7.05. The Labute approximate surface area is 188 Å². The lowest BCUT2D eigenvalue weighted by atomic mass is 10.0. The highest BCUT2D eigenvalue weighted by molar-refractivity contribution is 5.95. The molecule has 0 fully saturated rings. The Morgan fingerprint density at radius 3 is 2.56 bits per heavy atom. The molecule has 0 aliphatic rings. The number of aryl methyl sites for hydroxylation is 4. The van der Waals surface area contributed by atoms with E-state index in [-0.39, 0.29) is 5.91 Å². The number of hydrogen-bond donors (Lipinski definition) is 1. The van der Waals surface area contributed by atoms with E-state index in [1.54, 1.807) is 7.11 Å². The molecule has 2 aromatic heterocycles. The minimum absolute atomic E-state index is 0.0163. The van der Waals surface area contributed by atoms with Crippen LogP contribution in [-0.4, -0.2) is 27.8 Å². The van der Waals surface area contributed by atoms with E-state index in [1.807, 2.05) is 67.1 Å². The zero-order valence-corrected chi connectivity index (χ0v) is 19.0. The van der Waals surface area contributed by atoms with E-state index in [2.05, 4.69) is 18.3 Å². The number of para-hydroxylation sites is 1. The van der Waals surface area contributed by atoms with Crippen molar-refractivity contribution >= 4 is 16.9 Å². The molecular weight excluding hydrogens is 400 g/mol. The monoisotopic (exact) mass is 428 g/mol. The number of nitrogens with zero attached hydrogens (tertiary/aromatic N) is 3. The van der Waals surface area contributed by atoms with Gasteiger partial charge in [0.05, 0.1) is 19.0 Å². The lowest BCUT2D eigenvalue weighted by molar-refractivity contribution is -0.121. The van der Waals surface area contributed by atoms with Gasteiger partial charge in [-0.25, -0.2) is 9.67 Å². The first-order valence-electron chi connectivity index (χ1n) is 10.8. The van der Waals surface area contributed by atoms with Crippen molar-refractivity contribution < 1.29 is 9.53 Å². The predicted molar refractivity (Wildman–Crippen MR) is 127 cm³/mol. The molecule has 2 heterocycles. The number of carbonyl (C=O) groups is 1.